The molecule has 1 amide bonds. The van der Waals surface area contributed by atoms with E-state index in [2.05, 4.69) is 22.8 Å². The molecule has 1 heterocycles. The van der Waals surface area contributed by atoms with Gasteiger partial charge in [-0.1, -0.05) is 85.1 Å². The normalized spacial score (nSPS) is 14.6. The average molecular weight is 520 g/mol. The molecular formula is C33H30ClN3O. The maximum absolute atomic E-state index is 14.9. The third-order valence-corrected chi connectivity index (χ3v) is 7.85. The van der Waals surface area contributed by atoms with Crippen LogP contribution in [0.2, 0.25) is 5.02 Å². The summed E-state index contributed by atoms with van der Waals surface area (Å²) in [4.78, 5) is 21.9. The SMILES string of the molecule is O=C(C(C1CCCC1)n1c(-c2ccc(Cl)cc2)nc2ccccc21)N(Cc1ccccc1)c1ccccc1. The highest BCUT2D eigenvalue weighted by Crippen LogP contribution is 2.41. The Hall–Kier alpha value is -3.89. The molecule has 190 valence electrons. The van der Waals surface area contributed by atoms with Crippen molar-refractivity contribution in [3.63, 3.8) is 0 Å². The van der Waals surface area contributed by atoms with Crippen LogP contribution in [-0.4, -0.2) is 15.5 Å². The second-order valence-electron chi connectivity index (χ2n) is 10.0. The highest BCUT2D eigenvalue weighted by molar-refractivity contribution is 6.30. The van der Waals surface area contributed by atoms with E-state index in [1.165, 1.54) is 0 Å². The van der Waals surface area contributed by atoms with Crippen molar-refractivity contribution in [3.05, 3.63) is 120 Å². The molecule has 0 saturated heterocycles. The number of imidazole rings is 1. The minimum Gasteiger partial charge on any atom is -0.311 e. The summed E-state index contributed by atoms with van der Waals surface area (Å²) in [6.07, 6.45) is 4.33. The standard InChI is InChI=1S/C33H30ClN3O/c34-27-21-19-26(20-22-27)32-35-29-17-9-10-18-30(29)37(32)31(25-13-7-8-14-25)33(38)36(28-15-5-2-6-16-28)23-24-11-3-1-4-12-24/h1-6,9-12,15-22,25,31H,7-8,13-14,23H2. The Morgan fingerprint density at radius 3 is 2.18 bits per heavy atom. The van der Waals surface area contributed by atoms with E-state index in [4.69, 9.17) is 16.6 Å². The van der Waals surface area contributed by atoms with Gasteiger partial charge in [0.2, 0.25) is 0 Å². The summed E-state index contributed by atoms with van der Waals surface area (Å²) in [5.41, 5.74) is 4.83. The number of para-hydroxylation sites is 3. The molecule has 1 atom stereocenters. The number of halogens is 1. The highest BCUT2D eigenvalue weighted by atomic mass is 35.5. The molecule has 38 heavy (non-hydrogen) atoms. The van der Waals surface area contributed by atoms with E-state index < -0.39 is 0 Å². The van der Waals surface area contributed by atoms with Crippen LogP contribution >= 0.6 is 11.6 Å². The summed E-state index contributed by atoms with van der Waals surface area (Å²) >= 11 is 6.23. The van der Waals surface area contributed by atoms with Crippen LogP contribution in [0, 0.1) is 5.92 Å². The summed E-state index contributed by atoms with van der Waals surface area (Å²) in [6, 6.07) is 35.8. The topological polar surface area (TPSA) is 38.1 Å². The lowest BCUT2D eigenvalue weighted by Crippen LogP contribution is -2.40. The maximum Gasteiger partial charge on any atom is 0.250 e. The Balaban J connectivity index is 1.53. The van der Waals surface area contributed by atoms with Crippen LogP contribution in [-0.2, 0) is 11.3 Å². The molecule has 1 unspecified atom stereocenters. The fourth-order valence-corrected chi connectivity index (χ4v) is 5.88. The van der Waals surface area contributed by atoms with Crippen molar-refractivity contribution in [2.45, 2.75) is 38.3 Å². The Bertz CT molecular complexity index is 1520. The van der Waals surface area contributed by atoms with Gasteiger partial charge >= 0.3 is 0 Å². The number of benzene rings is 4. The summed E-state index contributed by atoms with van der Waals surface area (Å²) in [7, 11) is 0. The zero-order chi connectivity index (χ0) is 25.9. The second-order valence-corrected chi connectivity index (χ2v) is 10.5. The zero-order valence-corrected chi connectivity index (χ0v) is 22.0. The molecule has 1 aliphatic rings. The van der Waals surface area contributed by atoms with Crippen molar-refractivity contribution >= 4 is 34.2 Å². The lowest BCUT2D eigenvalue weighted by molar-refractivity contribution is -0.123. The molecule has 4 aromatic carbocycles. The Labute approximate surface area is 228 Å². The number of anilines is 1. The van der Waals surface area contributed by atoms with Crippen molar-refractivity contribution in [1.82, 2.24) is 9.55 Å². The Morgan fingerprint density at radius 1 is 0.842 bits per heavy atom. The van der Waals surface area contributed by atoms with Gasteiger partial charge in [-0.25, -0.2) is 4.98 Å². The van der Waals surface area contributed by atoms with Gasteiger partial charge in [0.1, 0.15) is 11.9 Å². The number of aromatic nitrogens is 2. The molecule has 5 aromatic rings. The van der Waals surface area contributed by atoms with Gasteiger partial charge in [-0.15, -0.1) is 0 Å². The third-order valence-electron chi connectivity index (χ3n) is 7.59. The van der Waals surface area contributed by atoms with Crippen molar-refractivity contribution < 1.29 is 4.79 Å². The molecule has 6 rings (SSSR count). The average Bonchev–Trinajstić information content (AvgIpc) is 3.63. The van der Waals surface area contributed by atoms with Crippen LogP contribution in [0.15, 0.2) is 109 Å². The molecular weight excluding hydrogens is 490 g/mol. The quantitative estimate of drug-likeness (QED) is 0.217. The largest absolute Gasteiger partial charge is 0.311 e. The smallest absolute Gasteiger partial charge is 0.250 e. The van der Waals surface area contributed by atoms with Crippen molar-refractivity contribution in [1.29, 1.82) is 0 Å². The van der Waals surface area contributed by atoms with E-state index >= 15 is 0 Å². The van der Waals surface area contributed by atoms with E-state index in [1.54, 1.807) is 0 Å². The lowest BCUT2D eigenvalue weighted by Gasteiger charge is -2.33. The van der Waals surface area contributed by atoms with Crippen LogP contribution in [0.5, 0.6) is 0 Å². The summed E-state index contributed by atoms with van der Waals surface area (Å²) in [5, 5.41) is 0.679. The summed E-state index contributed by atoms with van der Waals surface area (Å²) < 4.78 is 2.21. The molecule has 0 aliphatic heterocycles. The number of hydrogen-bond donors (Lipinski definition) is 0. The van der Waals surface area contributed by atoms with Gasteiger partial charge in [0, 0.05) is 16.3 Å². The van der Waals surface area contributed by atoms with E-state index in [9.17, 15) is 4.79 Å². The van der Waals surface area contributed by atoms with Crippen LogP contribution in [0.25, 0.3) is 22.4 Å². The molecule has 0 bridgehead atoms. The monoisotopic (exact) mass is 519 g/mol. The molecule has 1 aliphatic carbocycles. The first-order chi connectivity index (χ1) is 18.7. The molecule has 0 N–H and O–H groups in total. The van der Waals surface area contributed by atoms with Crippen molar-refractivity contribution in [2.75, 3.05) is 4.90 Å². The molecule has 4 nitrogen and oxygen atoms in total. The first-order valence-electron chi connectivity index (χ1n) is 13.3. The predicted octanol–water partition coefficient (Wildman–Crippen LogP) is 8.32. The number of carbonyl (C=O) groups is 1. The summed E-state index contributed by atoms with van der Waals surface area (Å²) in [5.74, 6) is 1.14. The first kappa shape index (κ1) is 24.4. The summed E-state index contributed by atoms with van der Waals surface area (Å²) in [6.45, 7) is 0.510. The van der Waals surface area contributed by atoms with Gasteiger partial charge in [0.15, 0.2) is 0 Å². The van der Waals surface area contributed by atoms with Gasteiger partial charge in [-0.3, -0.25) is 4.79 Å². The lowest BCUT2D eigenvalue weighted by atomic mass is 9.95. The fourth-order valence-electron chi connectivity index (χ4n) is 5.75. The Kier molecular flexibility index (Phi) is 6.98. The number of amides is 1. The maximum atomic E-state index is 14.9. The van der Waals surface area contributed by atoms with Crippen LogP contribution in [0.1, 0.15) is 37.3 Å². The number of carbonyl (C=O) groups excluding carboxylic acids is 1. The van der Waals surface area contributed by atoms with Crippen LogP contribution in [0.4, 0.5) is 5.69 Å². The molecule has 0 radical (unpaired) electrons. The Morgan fingerprint density at radius 2 is 1.47 bits per heavy atom. The first-order valence-corrected chi connectivity index (χ1v) is 13.7. The molecule has 0 spiro atoms. The number of fused-ring (bicyclic) bond motifs is 1. The molecule has 1 fully saturated rings. The number of nitrogens with zero attached hydrogens (tertiary/aromatic N) is 3. The van der Waals surface area contributed by atoms with E-state index in [-0.39, 0.29) is 17.9 Å². The fraction of sp³-hybridized carbons (Fsp3) is 0.212. The van der Waals surface area contributed by atoms with Gasteiger partial charge in [0.05, 0.1) is 17.6 Å². The second kappa shape index (κ2) is 10.8. The minimum absolute atomic E-state index is 0.102. The predicted molar refractivity (Wildman–Crippen MR) is 155 cm³/mol. The van der Waals surface area contributed by atoms with Gasteiger partial charge < -0.3 is 9.47 Å². The number of hydrogen-bond acceptors (Lipinski definition) is 2. The zero-order valence-electron chi connectivity index (χ0n) is 21.2. The van der Waals surface area contributed by atoms with Crippen molar-refractivity contribution in [3.8, 4) is 11.4 Å². The minimum atomic E-state index is -0.375. The van der Waals surface area contributed by atoms with Gasteiger partial charge in [-0.2, -0.15) is 0 Å². The van der Waals surface area contributed by atoms with E-state index in [0.717, 1.165) is 59.4 Å². The van der Waals surface area contributed by atoms with Crippen LogP contribution < -0.4 is 4.90 Å². The van der Waals surface area contributed by atoms with Crippen molar-refractivity contribution in [2.24, 2.45) is 5.92 Å². The van der Waals surface area contributed by atoms with E-state index in [0.29, 0.717) is 11.6 Å². The van der Waals surface area contributed by atoms with Gasteiger partial charge in [-0.05, 0) is 72.9 Å². The molecule has 1 saturated carbocycles. The van der Waals surface area contributed by atoms with Crippen LogP contribution in [0.3, 0.4) is 0 Å². The number of rotatable bonds is 7. The molecule has 1 aromatic heterocycles. The van der Waals surface area contributed by atoms with E-state index in [1.807, 2.05) is 95.9 Å². The third kappa shape index (κ3) is 4.84. The van der Waals surface area contributed by atoms with Gasteiger partial charge in [0.25, 0.3) is 5.91 Å². The molecule has 5 heteroatoms. The highest BCUT2D eigenvalue weighted by Gasteiger charge is 2.38.